The molecule has 0 heterocycles. The lowest BCUT2D eigenvalue weighted by Gasteiger charge is -2.38. The van der Waals surface area contributed by atoms with Crippen LogP contribution < -0.4 is 0 Å². The van der Waals surface area contributed by atoms with E-state index >= 15 is 0 Å². The Labute approximate surface area is 102 Å². The molecule has 1 spiro atoms. The summed E-state index contributed by atoms with van der Waals surface area (Å²) >= 11 is 0. The summed E-state index contributed by atoms with van der Waals surface area (Å²) in [5.74, 6) is 0. The van der Waals surface area contributed by atoms with Gasteiger partial charge in [0.1, 0.15) is 0 Å². The molecule has 0 aromatic carbocycles. The fraction of sp³-hybridized carbons (Fsp3) is 1.00. The number of hydrogen-bond acceptors (Lipinski definition) is 0. The van der Waals surface area contributed by atoms with Crippen molar-refractivity contribution in [3.05, 3.63) is 0 Å². The van der Waals surface area contributed by atoms with Crippen molar-refractivity contribution in [2.24, 2.45) is 5.41 Å². The standard InChI is InChI=1S/C16H30/c1-2-4-6-9-13-16(12-8-5-3-1)14-10-7-11-15-16/h1-15H2. The van der Waals surface area contributed by atoms with Crippen LogP contribution in [0.15, 0.2) is 0 Å². The molecule has 0 bridgehead atoms. The Morgan fingerprint density at radius 2 is 0.562 bits per heavy atom. The van der Waals surface area contributed by atoms with Gasteiger partial charge < -0.3 is 0 Å². The second-order valence-electron chi connectivity index (χ2n) is 6.39. The highest BCUT2D eigenvalue weighted by Gasteiger charge is 2.30. The molecule has 0 heteroatoms. The van der Waals surface area contributed by atoms with E-state index in [1.54, 1.807) is 25.7 Å². The zero-order valence-electron chi connectivity index (χ0n) is 11.1. The van der Waals surface area contributed by atoms with Crippen LogP contribution in [0.3, 0.4) is 0 Å². The lowest BCUT2D eigenvalue weighted by molar-refractivity contribution is 0.148. The monoisotopic (exact) mass is 222 g/mol. The maximum Gasteiger partial charge on any atom is -0.0297 e. The highest BCUT2D eigenvalue weighted by atomic mass is 14.4. The summed E-state index contributed by atoms with van der Waals surface area (Å²) in [5.41, 5.74) is 0.808. The third kappa shape index (κ3) is 3.79. The summed E-state index contributed by atoms with van der Waals surface area (Å²) in [7, 11) is 0. The summed E-state index contributed by atoms with van der Waals surface area (Å²) < 4.78 is 0. The van der Waals surface area contributed by atoms with Crippen molar-refractivity contribution in [2.45, 2.75) is 96.3 Å². The van der Waals surface area contributed by atoms with Gasteiger partial charge in [-0.05, 0) is 31.1 Å². The van der Waals surface area contributed by atoms with Gasteiger partial charge in [-0.3, -0.25) is 0 Å². The van der Waals surface area contributed by atoms with Crippen LogP contribution in [0.2, 0.25) is 0 Å². The first-order valence-electron chi connectivity index (χ1n) is 7.91. The highest BCUT2D eigenvalue weighted by Crippen LogP contribution is 2.45. The predicted molar refractivity (Wildman–Crippen MR) is 71.7 cm³/mol. The quantitative estimate of drug-likeness (QED) is 0.482. The zero-order chi connectivity index (χ0) is 11.1. The fourth-order valence-corrected chi connectivity index (χ4v) is 3.99. The Morgan fingerprint density at radius 1 is 0.312 bits per heavy atom. The van der Waals surface area contributed by atoms with Crippen LogP contribution in [0, 0.1) is 5.41 Å². The van der Waals surface area contributed by atoms with Crippen molar-refractivity contribution in [2.75, 3.05) is 0 Å². The molecule has 2 rings (SSSR count). The molecule has 0 N–H and O–H groups in total. The van der Waals surface area contributed by atoms with E-state index in [1.807, 2.05) is 0 Å². The second kappa shape index (κ2) is 6.67. The van der Waals surface area contributed by atoms with Crippen LogP contribution in [0.25, 0.3) is 0 Å². The summed E-state index contributed by atoms with van der Waals surface area (Å²) in [6.07, 6.45) is 22.9. The van der Waals surface area contributed by atoms with Crippen molar-refractivity contribution in [1.82, 2.24) is 0 Å². The summed E-state index contributed by atoms with van der Waals surface area (Å²) in [5, 5.41) is 0. The van der Waals surface area contributed by atoms with E-state index in [0.717, 1.165) is 5.41 Å². The molecule has 0 aromatic rings. The Kier molecular flexibility index (Phi) is 5.19. The van der Waals surface area contributed by atoms with Gasteiger partial charge in [0.25, 0.3) is 0 Å². The van der Waals surface area contributed by atoms with Crippen molar-refractivity contribution in [1.29, 1.82) is 0 Å². The minimum Gasteiger partial charge on any atom is -0.0533 e. The molecule has 0 unspecified atom stereocenters. The van der Waals surface area contributed by atoms with E-state index in [2.05, 4.69) is 0 Å². The molecule has 0 nitrogen and oxygen atoms in total. The van der Waals surface area contributed by atoms with E-state index in [9.17, 15) is 0 Å². The molecule has 2 saturated carbocycles. The van der Waals surface area contributed by atoms with Gasteiger partial charge in [-0.2, -0.15) is 0 Å². The van der Waals surface area contributed by atoms with E-state index in [0.29, 0.717) is 0 Å². The van der Waals surface area contributed by atoms with E-state index in [1.165, 1.54) is 70.6 Å². The molecule has 0 amide bonds. The molecular formula is C16H30. The lowest BCUT2D eigenvalue weighted by atomic mass is 9.68. The minimum atomic E-state index is 0.808. The molecule has 0 aromatic heterocycles. The Morgan fingerprint density at radius 3 is 0.938 bits per heavy atom. The third-order valence-corrected chi connectivity index (χ3v) is 5.08. The number of rotatable bonds is 0. The predicted octanol–water partition coefficient (Wildman–Crippen LogP) is 5.85. The minimum absolute atomic E-state index is 0.808. The first-order chi connectivity index (χ1) is 7.91. The average molecular weight is 222 g/mol. The van der Waals surface area contributed by atoms with Gasteiger partial charge in [0.2, 0.25) is 0 Å². The molecular weight excluding hydrogens is 192 g/mol. The van der Waals surface area contributed by atoms with Crippen molar-refractivity contribution >= 4 is 0 Å². The van der Waals surface area contributed by atoms with Gasteiger partial charge in [0.05, 0.1) is 0 Å². The smallest absolute Gasteiger partial charge is 0.0297 e. The second-order valence-corrected chi connectivity index (χ2v) is 6.39. The van der Waals surface area contributed by atoms with Crippen molar-refractivity contribution < 1.29 is 0 Å². The first kappa shape index (κ1) is 12.5. The molecule has 2 aliphatic rings. The van der Waals surface area contributed by atoms with Gasteiger partial charge >= 0.3 is 0 Å². The molecule has 2 aliphatic carbocycles. The first-order valence-corrected chi connectivity index (χ1v) is 7.91. The van der Waals surface area contributed by atoms with Crippen LogP contribution in [-0.4, -0.2) is 0 Å². The van der Waals surface area contributed by atoms with E-state index in [-0.39, 0.29) is 0 Å². The van der Waals surface area contributed by atoms with Crippen molar-refractivity contribution in [3.63, 3.8) is 0 Å². The maximum atomic E-state index is 1.56. The summed E-state index contributed by atoms with van der Waals surface area (Å²) in [6.45, 7) is 0. The fourth-order valence-electron chi connectivity index (χ4n) is 3.99. The molecule has 2 fully saturated rings. The van der Waals surface area contributed by atoms with Gasteiger partial charge in [0, 0.05) is 0 Å². The third-order valence-electron chi connectivity index (χ3n) is 5.08. The van der Waals surface area contributed by atoms with Gasteiger partial charge in [-0.25, -0.2) is 0 Å². The highest BCUT2D eigenvalue weighted by molar-refractivity contribution is 4.83. The largest absolute Gasteiger partial charge is 0.0533 e. The maximum absolute atomic E-state index is 1.56. The Hall–Kier alpha value is 0. The lowest BCUT2D eigenvalue weighted by Crippen LogP contribution is -2.24. The summed E-state index contributed by atoms with van der Waals surface area (Å²) in [4.78, 5) is 0. The van der Waals surface area contributed by atoms with E-state index in [4.69, 9.17) is 0 Å². The zero-order valence-corrected chi connectivity index (χ0v) is 11.1. The molecule has 0 aliphatic heterocycles. The summed E-state index contributed by atoms with van der Waals surface area (Å²) in [6, 6.07) is 0. The normalized spacial score (nSPS) is 28.5. The van der Waals surface area contributed by atoms with Crippen LogP contribution in [0.4, 0.5) is 0 Å². The van der Waals surface area contributed by atoms with Crippen LogP contribution in [0.5, 0.6) is 0 Å². The molecule has 0 saturated heterocycles. The SMILES string of the molecule is C1CCCCCC2(CCCC1)CCCCC2. The van der Waals surface area contributed by atoms with Crippen LogP contribution in [0.1, 0.15) is 96.3 Å². The molecule has 0 radical (unpaired) electrons. The molecule has 0 atom stereocenters. The van der Waals surface area contributed by atoms with Crippen LogP contribution in [-0.2, 0) is 0 Å². The average Bonchev–Trinajstić information content (AvgIpc) is 2.37. The van der Waals surface area contributed by atoms with Crippen LogP contribution >= 0.6 is 0 Å². The number of hydrogen-bond donors (Lipinski definition) is 0. The van der Waals surface area contributed by atoms with Crippen molar-refractivity contribution in [3.8, 4) is 0 Å². The topological polar surface area (TPSA) is 0 Å². The van der Waals surface area contributed by atoms with E-state index < -0.39 is 0 Å². The van der Waals surface area contributed by atoms with Gasteiger partial charge in [-0.1, -0.05) is 70.6 Å². The van der Waals surface area contributed by atoms with Gasteiger partial charge in [0.15, 0.2) is 0 Å². The molecule has 94 valence electrons. The van der Waals surface area contributed by atoms with Gasteiger partial charge in [-0.15, -0.1) is 0 Å². The Bertz CT molecular complexity index is 162. The Balaban J connectivity index is 1.86. The molecule has 16 heavy (non-hydrogen) atoms.